The predicted molar refractivity (Wildman–Crippen MR) is 111 cm³/mol. The lowest BCUT2D eigenvalue weighted by Gasteiger charge is -2.09. The fourth-order valence-corrected chi connectivity index (χ4v) is 3.79. The van der Waals surface area contributed by atoms with Crippen molar-refractivity contribution >= 4 is 23.0 Å². The van der Waals surface area contributed by atoms with Crippen LogP contribution in [-0.2, 0) is 4.74 Å². The zero-order valence-corrected chi connectivity index (χ0v) is 16.2. The number of benzene rings is 1. The first-order chi connectivity index (χ1) is 14.1. The van der Waals surface area contributed by atoms with Crippen molar-refractivity contribution in [2.24, 2.45) is 0 Å². The molecule has 8 heteroatoms. The van der Waals surface area contributed by atoms with Crippen LogP contribution in [0.4, 0.5) is 5.69 Å². The maximum atomic E-state index is 12.2. The van der Waals surface area contributed by atoms with Gasteiger partial charge in [0, 0.05) is 40.8 Å². The molecule has 1 aromatic carbocycles. The zero-order chi connectivity index (χ0) is 20.4. The van der Waals surface area contributed by atoms with Gasteiger partial charge >= 0.3 is 5.97 Å². The molecule has 0 aliphatic heterocycles. The third kappa shape index (κ3) is 3.35. The lowest BCUT2D eigenvalue weighted by Crippen LogP contribution is -2.11. The van der Waals surface area contributed by atoms with Gasteiger partial charge in [-0.15, -0.1) is 11.3 Å². The Kier molecular flexibility index (Phi) is 4.81. The van der Waals surface area contributed by atoms with Gasteiger partial charge in [0.1, 0.15) is 11.1 Å². The average Bonchev–Trinajstić information content (AvgIpc) is 3.39. The van der Waals surface area contributed by atoms with Crippen molar-refractivity contribution in [1.29, 1.82) is 5.26 Å². The largest absolute Gasteiger partial charge is 0.464 e. The molecule has 4 rings (SSSR count). The molecule has 0 atom stereocenters. The Balaban J connectivity index is 1.77. The normalized spacial score (nSPS) is 10.5. The van der Waals surface area contributed by atoms with Gasteiger partial charge in [-0.05, 0) is 24.3 Å². The van der Waals surface area contributed by atoms with Gasteiger partial charge in [-0.1, -0.05) is 12.1 Å². The van der Waals surface area contributed by atoms with E-state index >= 15 is 0 Å². The number of ether oxygens (including phenoxy) is 1. The molecular weight excluding hydrogens is 386 g/mol. The Bertz CT molecular complexity index is 1240. The van der Waals surface area contributed by atoms with Crippen molar-refractivity contribution in [3.63, 3.8) is 0 Å². The van der Waals surface area contributed by atoms with E-state index in [1.807, 2.05) is 47.8 Å². The number of thiazole rings is 1. The molecular formula is C21H15N5O2S. The number of hydrogen-bond acceptors (Lipinski definition) is 7. The standard InChI is InChI=1S/C21H15N5O2S/c1-28-21(27)19-18(23)15(9-22)11-26(19)16-6-2-4-13(8-16)20-25-17(12-29-20)14-5-3-7-24-10-14/h2-8,10-12H,23H2,1H3. The number of nitriles is 1. The van der Waals surface area contributed by atoms with E-state index in [4.69, 9.17) is 15.5 Å². The molecule has 142 valence electrons. The number of esters is 1. The van der Waals surface area contributed by atoms with Crippen LogP contribution in [0.2, 0.25) is 0 Å². The van der Waals surface area contributed by atoms with Crippen molar-refractivity contribution in [3.05, 3.63) is 71.6 Å². The summed E-state index contributed by atoms with van der Waals surface area (Å²) in [5.41, 5.74) is 9.75. The zero-order valence-electron chi connectivity index (χ0n) is 15.4. The topological polar surface area (TPSA) is 107 Å². The second-order valence-corrected chi connectivity index (χ2v) is 6.97. The van der Waals surface area contributed by atoms with Gasteiger partial charge in [-0.25, -0.2) is 9.78 Å². The Hall–Kier alpha value is -3.96. The van der Waals surface area contributed by atoms with E-state index in [0.29, 0.717) is 5.69 Å². The Morgan fingerprint density at radius 2 is 2.10 bits per heavy atom. The number of anilines is 1. The number of nitrogens with zero attached hydrogens (tertiary/aromatic N) is 4. The van der Waals surface area contributed by atoms with Crippen molar-refractivity contribution in [3.8, 4) is 33.6 Å². The minimum atomic E-state index is -0.609. The maximum Gasteiger partial charge on any atom is 0.357 e. The molecule has 2 N–H and O–H groups in total. The number of nitrogens with two attached hydrogens (primary N) is 1. The number of pyridine rings is 1. The predicted octanol–water partition coefficient (Wildman–Crippen LogP) is 3.90. The molecule has 29 heavy (non-hydrogen) atoms. The molecule has 3 aromatic heterocycles. The molecule has 0 aliphatic rings. The van der Waals surface area contributed by atoms with Gasteiger partial charge in [0.2, 0.25) is 0 Å². The van der Waals surface area contributed by atoms with Gasteiger partial charge in [-0.3, -0.25) is 4.98 Å². The average molecular weight is 401 g/mol. The molecule has 3 heterocycles. The fraction of sp³-hybridized carbons (Fsp3) is 0.0476. The van der Waals surface area contributed by atoms with Crippen LogP contribution in [0, 0.1) is 11.3 Å². The van der Waals surface area contributed by atoms with Crippen LogP contribution >= 0.6 is 11.3 Å². The summed E-state index contributed by atoms with van der Waals surface area (Å²) in [6.07, 6.45) is 5.02. The molecule has 0 saturated carbocycles. The van der Waals surface area contributed by atoms with Gasteiger partial charge in [0.05, 0.1) is 24.1 Å². The van der Waals surface area contributed by atoms with E-state index in [1.54, 1.807) is 17.0 Å². The van der Waals surface area contributed by atoms with E-state index in [2.05, 4.69) is 4.98 Å². The van der Waals surface area contributed by atoms with Gasteiger partial charge in [0.15, 0.2) is 5.69 Å². The van der Waals surface area contributed by atoms with Crippen molar-refractivity contribution in [2.45, 2.75) is 0 Å². The van der Waals surface area contributed by atoms with E-state index in [1.165, 1.54) is 24.6 Å². The lowest BCUT2D eigenvalue weighted by atomic mass is 10.2. The molecule has 4 aromatic rings. The second kappa shape index (κ2) is 7.58. The quantitative estimate of drug-likeness (QED) is 0.520. The van der Waals surface area contributed by atoms with Crippen LogP contribution in [0.25, 0.3) is 27.5 Å². The van der Waals surface area contributed by atoms with Crippen molar-refractivity contribution in [1.82, 2.24) is 14.5 Å². The first-order valence-corrected chi connectivity index (χ1v) is 9.46. The number of aromatic nitrogens is 3. The van der Waals surface area contributed by atoms with E-state index in [0.717, 1.165) is 21.8 Å². The van der Waals surface area contributed by atoms with Crippen LogP contribution in [0.3, 0.4) is 0 Å². The van der Waals surface area contributed by atoms with Gasteiger partial charge in [0.25, 0.3) is 0 Å². The molecule has 0 unspecified atom stereocenters. The van der Waals surface area contributed by atoms with Crippen LogP contribution in [0.5, 0.6) is 0 Å². The highest BCUT2D eigenvalue weighted by atomic mass is 32.1. The minimum Gasteiger partial charge on any atom is -0.464 e. The Labute approximate surface area is 170 Å². The molecule has 0 bridgehead atoms. The highest BCUT2D eigenvalue weighted by molar-refractivity contribution is 7.13. The molecule has 0 fully saturated rings. The first kappa shape index (κ1) is 18.4. The molecule has 0 radical (unpaired) electrons. The van der Waals surface area contributed by atoms with Crippen LogP contribution in [-0.4, -0.2) is 27.6 Å². The summed E-state index contributed by atoms with van der Waals surface area (Å²) in [7, 11) is 1.27. The molecule has 0 spiro atoms. The summed E-state index contributed by atoms with van der Waals surface area (Å²) in [4.78, 5) is 21.1. The molecule has 0 saturated heterocycles. The SMILES string of the molecule is COC(=O)c1c(N)c(C#N)cn1-c1cccc(-c2nc(-c3cccnc3)cs2)c1. The third-order valence-electron chi connectivity index (χ3n) is 4.38. The lowest BCUT2D eigenvalue weighted by molar-refractivity contribution is 0.0593. The number of rotatable bonds is 4. The van der Waals surface area contributed by atoms with Crippen LogP contribution < -0.4 is 5.73 Å². The number of hydrogen-bond donors (Lipinski definition) is 1. The fourth-order valence-electron chi connectivity index (χ4n) is 2.96. The Morgan fingerprint density at radius 1 is 1.28 bits per heavy atom. The van der Waals surface area contributed by atoms with E-state index < -0.39 is 5.97 Å². The summed E-state index contributed by atoms with van der Waals surface area (Å²) < 4.78 is 6.41. The summed E-state index contributed by atoms with van der Waals surface area (Å²) >= 11 is 1.51. The number of nitrogen functional groups attached to an aromatic ring is 1. The summed E-state index contributed by atoms with van der Waals surface area (Å²) in [5, 5.41) is 12.1. The van der Waals surface area contributed by atoms with Crippen molar-refractivity contribution < 1.29 is 9.53 Å². The molecule has 0 aliphatic carbocycles. The first-order valence-electron chi connectivity index (χ1n) is 8.58. The number of carbonyl (C=O) groups excluding carboxylic acids is 1. The van der Waals surface area contributed by atoms with Gasteiger partial charge in [-0.2, -0.15) is 5.26 Å². The monoisotopic (exact) mass is 401 g/mol. The summed E-state index contributed by atoms with van der Waals surface area (Å²) in [6.45, 7) is 0. The minimum absolute atomic E-state index is 0.0952. The van der Waals surface area contributed by atoms with Crippen LogP contribution in [0.15, 0.2) is 60.4 Å². The number of carbonyl (C=O) groups is 1. The smallest absolute Gasteiger partial charge is 0.357 e. The highest BCUT2D eigenvalue weighted by Gasteiger charge is 2.22. The highest BCUT2D eigenvalue weighted by Crippen LogP contribution is 2.31. The molecule has 0 amide bonds. The van der Waals surface area contributed by atoms with Gasteiger partial charge < -0.3 is 15.0 Å². The number of methoxy groups -OCH3 is 1. The van der Waals surface area contributed by atoms with E-state index in [9.17, 15) is 10.1 Å². The Morgan fingerprint density at radius 3 is 2.83 bits per heavy atom. The maximum absolute atomic E-state index is 12.2. The van der Waals surface area contributed by atoms with E-state index in [-0.39, 0.29) is 16.9 Å². The third-order valence-corrected chi connectivity index (χ3v) is 5.27. The van der Waals surface area contributed by atoms with Crippen molar-refractivity contribution in [2.75, 3.05) is 12.8 Å². The summed E-state index contributed by atoms with van der Waals surface area (Å²) in [5.74, 6) is -0.609. The van der Waals surface area contributed by atoms with Crippen LogP contribution in [0.1, 0.15) is 16.1 Å². The summed E-state index contributed by atoms with van der Waals surface area (Å²) in [6, 6.07) is 13.3. The second-order valence-electron chi connectivity index (χ2n) is 6.11. The molecule has 7 nitrogen and oxygen atoms in total.